The number of nitrogens with zero attached hydrogens (tertiary/aromatic N) is 2. The summed E-state index contributed by atoms with van der Waals surface area (Å²) in [6.07, 6.45) is 1.13. The van der Waals surface area contributed by atoms with E-state index in [-0.39, 0.29) is 12.3 Å². The van der Waals surface area contributed by atoms with Gasteiger partial charge in [0.25, 0.3) is 0 Å². The van der Waals surface area contributed by atoms with Gasteiger partial charge in [-0.25, -0.2) is 17.6 Å². The van der Waals surface area contributed by atoms with Crippen LogP contribution in [0.2, 0.25) is 0 Å². The fourth-order valence-electron chi connectivity index (χ4n) is 4.28. The molecule has 1 aromatic heterocycles. The van der Waals surface area contributed by atoms with E-state index < -0.39 is 27.4 Å². The number of fused-ring (bicyclic) bond motifs is 1. The minimum atomic E-state index is -3.52. The summed E-state index contributed by atoms with van der Waals surface area (Å²) in [7, 11) is -2.00. The maximum absolute atomic E-state index is 14.5. The molecule has 0 aliphatic carbocycles. The van der Waals surface area contributed by atoms with E-state index >= 15 is 0 Å². The molecule has 4 rings (SSSR count). The summed E-state index contributed by atoms with van der Waals surface area (Å²) in [6, 6.07) is 15.8. The summed E-state index contributed by atoms with van der Waals surface area (Å²) in [5.41, 5.74) is 1.55. The number of rotatable bonds is 9. The van der Waals surface area contributed by atoms with Gasteiger partial charge >= 0.3 is 5.69 Å². The first-order valence-corrected chi connectivity index (χ1v) is 14.1. The Kier molecular flexibility index (Phi) is 7.56. The van der Waals surface area contributed by atoms with E-state index in [1.54, 1.807) is 54.6 Å². The van der Waals surface area contributed by atoms with Crippen molar-refractivity contribution in [3.63, 3.8) is 0 Å². The zero-order valence-corrected chi connectivity index (χ0v) is 22.5. The molecule has 7 nitrogen and oxygen atoms in total. The molecule has 0 aliphatic heterocycles. The number of methoxy groups -OCH3 is 1. The van der Waals surface area contributed by atoms with Crippen LogP contribution in [0.5, 0.6) is 11.5 Å². The van der Waals surface area contributed by atoms with Crippen LogP contribution in [-0.4, -0.2) is 43.3 Å². The van der Waals surface area contributed by atoms with Gasteiger partial charge in [0.15, 0.2) is 11.5 Å². The molecule has 0 N–H and O–H groups in total. The summed E-state index contributed by atoms with van der Waals surface area (Å²) < 4.78 is 54.3. The number of hydrogen-bond acceptors (Lipinski definition) is 5. The first-order chi connectivity index (χ1) is 17.1. The molecule has 0 spiro atoms. The summed E-state index contributed by atoms with van der Waals surface area (Å²) in [4.78, 5) is 13.9. The Morgan fingerprint density at radius 2 is 1.78 bits per heavy atom. The smallest absolute Gasteiger partial charge is 0.330 e. The molecular weight excluding hydrogens is 551 g/mol. The second-order valence-corrected chi connectivity index (χ2v) is 11.5. The number of halogens is 2. The fraction of sp³-hybridized carbons (Fsp3) is 0.269. The van der Waals surface area contributed by atoms with Crippen molar-refractivity contribution in [1.29, 1.82) is 0 Å². The van der Waals surface area contributed by atoms with E-state index in [4.69, 9.17) is 9.47 Å². The van der Waals surface area contributed by atoms with Gasteiger partial charge in [-0.15, -0.1) is 0 Å². The molecule has 0 aliphatic rings. The van der Waals surface area contributed by atoms with Crippen LogP contribution in [0.25, 0.3) is 11.0 Å². The standard InChI is InChI=1S/C26H26BrFN2O5S/c1-4-35-25-13-17(9-12-24(25)34-2)23(16-36(3,32)33)30-21-11-10-19(27)14-22(21)29(26(30)31)15-18-7-5-6-8-20(18)28/h5-14,23H,4,15-16H2,1-3H3/t23-/m1/s1. The Balaban J connectivity index is 1.98. The molecular formula is C26H26BrFN2O5S. The second-order valence-electron chi connectivity index (χ2n) is 8.41. The van der Waals surface area contributed by atoms with Crippen molar-refractivity contribution in [2.24, 2.45) is 0 Å². The van der Waals surface area contributed by atoms with Gasteiger partial charge in [-0.05, 0) is 48.9 Å². The highest BCUT2D eigenvalue weighted by Crippen LogP contribution is 2.33. The Bertz CT molecular complexity index is 1580. The van der Waals surface area contributed by atoms with Crippen molar-refractivity contribution < 1.29 is 22.3 Å². The van der Waals surface area contributed by atoms with E-state index in [0.29, 0.717) is 40.3 Å². The number of sulfone groups is 1. The van der Waals surface area contributed by atoms with Gasteiger partial charge in [0.1, 0.15) is 15.7 Å². The SMILES string of the molecule is CCOc1cc([C@@H](CS(C)(=O)=O)n2c(=O)n(Cc3ccccc3F)c3cc(Br)ccc32)ccc1OC. The lowest BCUT2D eigenvalue weighted by molar-refractivity contribution is 0.310. The van der Waals surface area contributed by atoms with Crippen LogP contribution in [0.3, 0.4) is 0 Å². The highest BCUT2D eigenvalue weighted by molar-refractivity contribution is 9.10. The quantitative estimate of drug-likeness (QED) is 0.286. The topological polar surface area (TPSA) is 79.5 Å². The Hall–Kier alpha value is -3.11. The number of hydrogen-bond donors (Lipinski definition) is 0. The van der Waals surface area contributed by atoms with Crippen LogP contribution in [0.1, 0.15) is 24.1 Å². The molecule has 0 bridgehead atoms. The molecule has 10 heteroatoms. The lowest BCUT2D eigenvalue weighted by atomic mass is 10.1. The van der Waals surface area contributed by atoms with Gasteiger partial charge in [0, 0.05) is 16.3 Å². The van der Waals surface area contributed by atoms with E-state index in [1.165, 1.54) is 22.3 Å². The number of aromatic nitrogens is 2. The molecule has 0 saturated heterocycles. The predicted molar refractivity (Wildman–Crippen MR) is 141 cm³/mol. The molecule has 0 unspecified atom stereocenters. The molecule has 1 atom stereocenters. The maximum Gasteiger partial charge on any atom is 0.330 e. The van der Waals surface area contributed by atoms with Gasteiger partial charge < -0.3 is 9.47 Å². The third kappa shape index (κ3) is 5.34. The zero-order chi connectivity index (χ0) is 26.0. The van der Waals surface area contributed by atoms with Crippen molar-refractivity contribution in [2.75, 3.05) is 25.7 Å². The molecule has 36 heavy (non-hydrogen) atoms. The lowest BCUT2D eigenvalue weighted by Gasteiger charge is -2.20. The van der Waals surface area contributed by atoms with Gasteiger partial charge in [0.2, 0.25) is 0 Å². The third-order valence-electron chi connectivity index (χ3n) is 5.86. The molecule has 3 aromatic carbocycles. The van der Waals surface area contributed by atoms with Crippen molar-refractivity contribution in [3.8, 4) is 11.5 Å². The molecule has 0 saturated carbocycles. The maximum atomic E-state index is 14.5. The highest BCUT2D eigenvalue weighted by atomic mass is 79.9. The van der Waals surface area contributed by atoms with E-state index in [2.05, 4.69) is 15.9 Å². The highest BCUT2D eigenvalue weighted by Gasteiger charge is 2.27. The van der Waals surface area contributed by atoms with Gasteiger partial charge in [-0.2, -0.15) is 0 Å². The van der Waals surface area contributed by atoms with Crippen LogP contribution in [-0.2, 0) is 16.4 Å². The largest absolute Gasteiger partial charge is 0.493 e. The van der Waals surface area contributed by atoms with Crippen molar-refractivity contribution in [3.05, 3.63) is 92.6 Å². The summed E-state index contributed by atoms with van der Waals surface area (Å²) in [5.74, 6) is 0.197. The minimum absolute atomic E-state index is 0.0101. The Morgan fingerprint density at radius 3 is 2.44 bits per heavy atom. The van der Waals surface area contributed by atoms with Crippen molar-refractivity contribution in [2.45, 2.75) is 19.5 Å². The molecule has 0 radical (unpaired) electrons. The molecule has 0 amide bonds. The van der Waals surface area contributed by atoms with Crippen LogP contribution in [0.15, 0.2) is 69.9 Å². The average molecular weight is 577 g/mol. The van der Waals surface area contributed by atoms with E-state index in [1.807, 2.05) is 6.92 Å². The second kappa shape index (κ2) is 10.5. The van der Waals surface area contributed by atoms with Gasteiger partial charge in [-0.3, -0.25) is 9.13 Å². The fourth-order valence-corrected chi connectivity index (χ4v) is 5.54. The van der Waals surface area contributed by atoms with Crippen LogP contribution < -0.4 is 15.2 Å². The monoisotopic (exact) mass is 576 g/mol. The normalized spacial score (nSPS) is 12.6. The lowest BCUT2D eigenvalue weighted by Crippen LogP contribution is -2.32. The number of imidazole rings is 1. The van der Waals surface area contributed by atoms with Crippen LogP contribution in [0.4, 0.5) is 4.39 Å². The van der Waals surface area contributed by atoms with E-state index in [0.717, 1.165) is 10.7 Å². The van der Waals surface area contributed by atoms with Gasteiger partial charge in [-0.1, -0.05) is 40.2 Å². The summed E-state index contributed by atoms with van der Waals surface area (Å²) in [5, 5.41) is 0. The van der Waals surface area contributed by atoms with Crippen LogP contribution in [0, 0.1) is 5.82 Å². The predicted octanol–water partition coefficient (Wildman–Crippen LogP) is 4.79. The first kappa shape index (κ1) is 26.0. The minimum Gasteiger partial charge on any atom is -0.493 e. The van der Waals surface area contributed by atoms with Crippen molar-refractivity contribution >= 4 is 36.8 Å². The molecule has 190 valence electrons. The van der Waals surface area contributed by atoms with E-state index in [9.17, 15) is 17.6 Å². The zero-order valence-electron chi connectivity index (χ0n) is 20.1. The van der Waals surface area contributed by atoms with Gasteiger partial charge in [0.05, 0.1) is 43.1 Å². The summed E-state index contributed by atoms with van der Waals surface area (Å²) in [6.45, 7) is 2.20. The molecule has 1 heterocycles. The Labute approximate surface area is 217 Å². The summed E-state index contributed by atoms with van der Waals surface area (Å²) >= 11 is 3.45. The molecule has 4 aromatic rings. The molecule has 0 fully saturated rings. The number of ether oxygens (including phenoxy) is 2. The number of benzene rings is 3. The van der Waals surface area contributed by atoms with Crippen LogP contribution >= 0.6 is 15.9 Å². The Morgan fingerprint density at radius 1 is 1.03 bits per heavy atom. The average Bonchev–Trinajstić information content (AvgIpc) is 3.09. The first-order valence-electron chi connectivity index (χ1n) is 11.2. The van der Waals surface area contributed by atoms with Crippen molar-refractivity contribution in [1.82, 2.24) is 9.13 Å². The third-order valence-corrected chi connectivity index (χ3v) is 7.27.